The molecule has 1 fully saturated rings. The van der Waals surface area contributed by atoms with Crippen LogP contribution in [0.1, 0.15) is 0 Å². The van der Waals surface area contributed by atoms with Crippen LogP contribution in [0, 0.1) is 0 Å². The number of nitrogens with one attached hydrogen (secondary N) is 1. The number of hydrogen-bond donors (Lipinski definition) is 1. The van der Waals surface area contributed by atoms with Gasteiger partial charge < -0.3 is 4.74 Å². The predicted molar refractivity (Wildman–Crippen MR) is 64.0 cm³/mol. The third-order valence-corrected chi connectivity index (χ3v) is 4.22. The van der Waals surface area contributed by atoms with E-state index in [2.05, 4.69) is 4.72 Å². The minimum Gasteiger partial charge on any atom is -0.377 e. The van der Waals surface area contributed by atoms with Crippen LogP contribution in [0.4, 0.5) is 0 Å². The van der Waals surface area contributed by atoms with Crippen LogP contribution in [0.15, 0.2) is 35.2 Å². The number of nitrogens with zero attached hydrogens (tertiary/aromatic N) is 1. The van der Waals surface area contributed by atoms with Crippen molar-refractivity contribution in [2.24, 2.45) is 0 Å². The molecule has 6 heteroatoms. The predicted octanol–water partition coefficient (Wildman–Crippen LogP) is 0.253. The number of ether oxygens (including phenoxy) is 1. The molecule has 1 atom stereocenters. The molecule has 0 spiro atoms. The minimum absolute atomic E-state index is 0.277. The summed E-state index contributed by atoms with van der Waals surface area (Å²) in [6.45, 7) is 1.74. The lowest BCUT2D eigenvalue weighted by atomic mass is 10.4. The lowest BCUT2D eigenvalue weighted by Gasteiger charge is -2.32. The lowest BCUT2D eigenvalue weighted by Crippen LogP contribution is -2.53. The molecule has 1 heterocycles. The van der Waals surface area contributed by atoms with Gasteiger partial charge in [-0.15, -0.1) is 0 Å². The molecule has 0 amide bonds. The molecule has 1 aromatic rings. The van der Waals surface area contributed by atoms with Crippen molar-refractivity contribution in [3.8, 4) is 0 Å². The summed E-state index contributed by atoms with van der Waals surface area (Å²) in [5.74, 6) is 0. The Morgan fingerprint density at radius 3 is 2.71 bits per heavy atom. The van der Waals surface area contributed by atoms with E-state index in [1.807, 2.05) is 11.9 Å². The Morgan fingerprint density at radius 1 is 1.35 bits per heavy atom. The van der Waals surface area contributed by atoms with E-state index < -0.39 is 10.0 Å². The van der Waals surface area contributed by atoms with Crippen molar-refractivity contribution in [1.82, 2.24) is 9.62 Å². The first-order valence-corrected chi connectivity index (χ1v) is 6.93. The summed E-state index contributed by atoms with van der Waals surface area (Å²) in [6.07, 6.45) is -0.297. The summed E-state index contributed by atoms with van der Waals surface area (Å²) in [5, 5.41) is 0. The van der Waals surface area contributed by atoms with Crippen LogP contribution in [0.3, 0.4) is 0 Å². The fourth-order valence-corrected chi connectivity index (χ4v) is 2.92. The van der Waals surface area contributed by atoms with Crippen molar-refractivity contribution >= 4 is 10.0 Å². The molecular formula is C11H16N2O3S. The highest BCUT2D eigenvalue weighted by Gasteiger charge is 2.25. The van der Waals surface area contributed by atoms with Gasteiger partial charge in [-0.25, -0.2) is 8.42 Å². The van der Waals surface area contributed by atoms with Crippen LogP contribution in [0.25, 0.3) is 0 Å². The normalized spacial score (nSPS) is 22.5. The number of rotatable bonds is 3. The van der Waals surface area contributed by atoms with Crippen molar-refractivity contribution in [3.05, 3.63) is 30.3 Å². The van der Waals surface area contributed by atoms with E-state index >= 15 is 0 Å². The second kappa shape index (κ2) is 5.14. The molecule has 0 radical (unpaired) electrons. The Labute approximate surface area is 101 Å². The van der Waals surface area contributed by atoms with Crippen LogP contribution >= 0.6 is 0 Å². The molecule has 94 valence electrons. The van der Waals surface area contributed by atoms with Crippen molar-refractivity contribution in [1.29, 1.82) is 0 Å². The lowest BCUT2D eigenvalue weighted by molar-refractivity contribution is 0.00183. The van der Waals surface area contributed by atoms with E-state index in [-0.39, 0.29) is 11.1 Å². The maximum Gasteiger partial charge on any atom is 0.241 e. The smallest absolute Gasteiger partial charge is 0.241 e. The number of morpholine rings is 1. The van der Waals surface area contributed by atoms with Crippen molar-refractivity contribution in [2.45, 2.75) is 11.1 Å². The molecule has 1 aliphatic heterocycles. The molecule has 5 nitrogen and oxygen atoms in total. The number of sulfonamides is 1. The highest BCUT2D eigenvalue weighted by Crippen LogP contribution is 2.10. The Kier molecular flexibility index (Phi) is 3.78. The standard InChI is InChI=1S/C11H16N2O3S/c1-13-7-8-16-9-11(13)12-17(14,15)10-5-3-2-4-6-10/h2-6,11-12H,7-9H2,1H3. The summed E-state index contributed by atoms with van der Waals surface area (Å²) in [6, 6.07) is 8.35. The van der Waals surface area contributed by atoms with Crippen molar-refractivity contribution < 1.29 is 13.2 Å². The quantitative estimate of drug-likeness (QED) is 0.842. The first kappa shape index (κ1) is 12.5. The maximum atomic E-state index is 12.1. The molecule has 1 aromatic carbocycles. The fourth-order valence-electron chi connectivity index (χ4n) is 1.66. The third-order valence-electron chi connectivity index (χ3n) is 2.74. The minimum atomic E-state index is -3.46. The molecular weight excluding hydrogens is 240 g/mol. The first-order chi connectivity index (χ1) is 8.09. The Balaban J connectivity index is 2.12. The molecule has 0 aliphatic carbocycles. The molecule has 1 unspecified atom stereocenters. The van der Waals surface area contributed by atoms with Gasteiger partial charge in [0, 0.05) is 6.54 Å². The van der Waals surface area contributed by atoms with Gasteiger partial charge in [-0.2, -0.15) is 4.72 Å². The second-order valence-electron chi connectivity index (χ2n) is 4.01. The average molecular weight is 256 g/mol. The maximum absolute atomic E-state index is 12.1. The molecule has 0 aromatic heterocycles. The second-order valence-corrected chi connectivity index (χ2v) is 5.72. The molecule has 1 saturated heterocycles. The summed E-state index contributed by atoms with van der Waals surface area (Å²) in [7, 11) is -1.59. The number of benzene rings is 1. The van der Waals surface area contributed by atoms with Gasteiger partial charge in [0.1, 0.15) is 0 Å². The highest BCUT2D eigenvalue weighted by molar-refractivity contribution is 7.89. The van der Waals surface area contributed by atoms with E-state index in [0.717, 1.165) is 6.54 Å². The Morgan fingerprint density at radius 2 is 2.06 bits per heavy atom. The summed E-state index contributed by atoms with van der Waals surface area (Å²) >= 11 is 0. The zero-order valence-electron chi connectivity index (χ0n) is 9.67. The van der Waals surface area contributed by atoms with Gasteiger partial charge in [-0.1, -0.05) is 18.2 Å². The zero-order chi connectivity index (χ0) is 12.3. The third kappa shape index (κ3) is 3.04. The first-order valence-electron chi connectivity index (χ1n) is 5.45. The van der Waals surface area contributed by atoms with E-state index in [1.165, 1.54) is 0 Å². The summed E-state index contributed by atoms with van der Waals surface area (Å²) in [4.78, 5) is 2.21. The topological polar surface area (TPSA) is 58.6 Å². The number of likely N-dealkylation sites (N-methyl/N-ethyl adjacent to an activating group) is 1. The average Bonchev–Trinajstić information content (AvgIpc) is 2.33. The molecule has 17 heavy (non-hydrogen) atoms. The fraction of sp³-hybridized carbons (Fsp3) is 0.455. The molecule has 2 rings (SSSR count). The van der Waals surface area contributed by atoms with Gasteiger partial charge in [0.05, 0.1) is 24.3 Å². The summed E-state index contributed by atoms with van der Waals surface area (Å²) < 4.78 is 32.0. The van der Waals surface area contributed by atoms with Crippen LogP contribution in [0.2, 0.25) is 0 Å². The van der Waals surface area contributed by atoms with Gasteiger partial charge in [0.2, 0.25) is 10.0 Å². The Hall–Kier alpha value is -0.950. The van der Waals surface area contributed by atoms with Crippen LogP contribution in [0.5, 0.6) is 0 Å². The van der Waals surface area contributed by atoms with Crippen molar-refractivity contribution in [2.75, 3.05) is 26.8 Å². The largest absolute Gasteiger partial charge is 0.377 e. The monoisotopic (exact) mass is 256 g/mol. The van der Waals surface area contributed by atoms with Gasteiger partial charge in [-0.05, 0) is 19.2 Å². The SMILES string of the molecule is CN1CCOCC1NS(=O)(=O)c1ccccc1. The van der Waals surface area contributed by atoms with E-state index in [4.69, 9.17) is 4.74 Å². The number of hydrogen-bond acceptors (Lipinski definition) is 4. The van der Waals surface area contributed by atoms with Crippen molar-refractivity contribution in [3.63, 3.8) is 0 Å². The van der Waals surface area contributed by atoms with Gasteiger partial charge in [0.15, 0.2) is 0 Å². The van der Waals surface area contributed by atoms with Gasteiger partial charge >= 0.3 is 0 Å². The van der Waals surface area contributed by atoms with E-state index in [0.29, 0.717) is 13.2 Å². The van der Waals surface area contributed by atoms with Crippen LogP contribution in [-0.4, -0.2) is 46.3 Å². The zero-order valence-corrected chi connectivity index (χ0v) is 10.5. The molecule has 1 aliphatic rings. The Bertz CT molecular complexity index is 461. The molecule has 0 saturated carbocycles. The van der Waals surface area contributed by atoms with Crippen LogP contribution in [-0.2, 0) is 14.8 Å². The van der Waals surface area contributed by atoms with E-state index in [9.17, 15) is 8.42 Å². The van der Waals surface area contributed by atoms with E-state index in [1.54, 1.807) is 30.3 Å². The highest BCUT2D eigenvalue weighted by atomic mass is 32.2. The molecule has 1 N–H and O–H groups in total. The van der Waals surface area contributed by atoms with Gasteiger partial charge in [0.25, 0.3) is 0 Å². The van der Waals surface area contributed by atoms with Crippen LogP contribution < -0.4 is 4.72 Å². The van der Waals surface area contributed by atoms with Gasteiger partial charge in [-0.3, -0.25) is 4.90 Å². The molecule has 0 bridgehead atoms. The summed E-state index contributed by atoms with van der Waals surface area (Å²) in [5.41, 5.74) is 0.